The van der Waals surface area contributed by atoms with Gasteiger partial charge in [0.05, 0.1) is 13.2 Å². The van der Waals surface area contributed by atoms with Crippen molar-refractivity contribution in [3.63, 3.8) is 0 Å². The van der Waals surface area contributed by atoms with Gasteiger partial charge in [-0.3, -0.25) is 0 Å². The van der Waals surface area contributed by atoms with Gasteiger partial charge in [-0.2, -0.15) is 0 Å². The van der Waals surface area contributed by atoms with E-state index in [0.29, 0.717) is 18.4 Å². The Hall–Kier alpha value is -0.650. The zero-order valence-corrected chi connectivity index (χ0v) is 17.3. The van der Waals surface area contributed by atoms with E-state index in [0.717, 1.165) is 38.9 Å². The van der Waals surface area contributed by atoms with Gasteiger partial charge in [0.25, 0.3) is 0 Å². The van der Waals surface area contributed by atoms with Crippen LogP contribution < -0.4 is 0 Å². The van der Waals surface area contributed by atoms with E-state index >= 15 is 0 Å². The Morgan fingerprint density at radius 2 is 1.65 bits per heavy atom. The minimum absolute atomic E-state index is 0.00789. The van der Waals surface area contributed by atoms with Crippen LogP contribution >= 0.6 is 0 Å². The zero-order chi connectivity index (χ0) is 19.2. The average molecular weight is 371 g/mol. The number of ether oxygens (including phenoxy) is 4. The second-order valence-electron chi connectivity index (χ2n) is 9.35. The van der Waals surface area contributed by atoms with Gasteiger partial charge < -0.3 is 18.9 Å². The second kappa shape index (κ2) is 9.52. The van der Waals surface area contributed by atoms with Crippen molar-refractivity contribution in [1.29, 1.82) is 0 Å². The molecule has 3 atom stereocenters. The first-order chi connectivity index (χ1) is 12.2. The van der Waals surface area contributed by atoms with Crippen LogP contribution in [0.3, 0.4) is 0 Å². The summed E-state index contributed by atoms with van der Waals surface area (Å²) >= 11 is 0. The maximum absolute atomic E-state index is 12.3. The fraction of sp³-hybridized carbons (Fsp3) is 0.952. The van der Waals surface area contributed by atoms with Crippen LogP contribution in [0.1, 0.15) is 79.6 Å². The molecule has 2 aliphatic rings. The van der Waals surface area contributed by atoms with Crippen LogP contribution in [0.4, 0.5) is 0 Å². The number of hydrogen-bond acceptors (Lipinski definition) is 5. The SMILES string of the molecule is CC(C)(C)OC(=O)C(C)(C)OC[C@@H]1CCC[C@H](COC2CCCCO2)C1. The van der Waals surface area contributed by atoms with Crippen LogP contribution in [0.2, 0.25) is 0 Å². The second-order valence-corrected chi connectivity index (χ2v) is 9.35. The predicted octanol–water partition coefficient (Wildman–Crippen LogP) is 4.47. The molecule has 0 aromatic carbocycles. The van der Waals surface area contributed by atoms with Gasteiger partial charge in [0.15, 0.2) is 11.9 Å². The molecule has 0 N–H and O–H groups in total. The Kier molecular flexibility index (Phi) is 7.92. The Morgan fingerprint density at radius 1 is 0.962 bits per heavy atom. The first-order valence-electron chi connectivity index (χ1n) is 10.3. The van der Waals surface area contributed by atoms with E-state index in [4.69, 9.17) is 18.9 Å². The summed E-state index contributed by atoms with van der Waals surface area (Å²) in [6.07, 6.45) is 8.01. The molecule has 0 amide bonds. The smallest absolute Gasteiger partial charge is 0.338 e. The Bertz CT molecular complexity index is 434. The lowest BCUT2D eigenvalue weighted by atomic mass is 9.82. The van der Waals surface area contributed by atoms with Crippen LogP contribution in [-0.2, 0) is 23.7 Å². The highest BCUT2D eigenvalue weighted by atomic mass is 16.7. The molecule has 2 fully saturated rings. The van der Waals surface area contributed by atoms with Gasteiger partial charge >= 0.3 is 5.97 Å². The van der Waals surface area contributed by atoms with Gasteiger partial charge in [-0.15, -0.1) is 0 Å². The molecular formula is C21H38O5. The summed E-state index contributed by atoms with van der Waals surface area (Å²) in [5.74, 6) is 0.744. The van der Waals surface area contributed by atoms with Gasteiger partial charge in [-0.1, -0.05) is 6.42 Å². The summed E-state index contributed by atoms with van der Waals surface area (Å²) in [7, 11) is 0. The van der Waals surface area contributed by atoms with E-state index in [1.54, 1.807) is 13.8 Å². The first kappa shape index (κ1) is 21.6. The Labute approximate surface area is 159 Å². The monoisotopic (exact) mass is 370 g/mol. The van der Waals surface area contributed by atoms with E-state index in [1.165, 1.54) is 19.3 Å². The van der Waals surface area contributed by atoms with E-state index in [2.05, 4.69) is 0 Å². The third kappa shape index (κ3) is 7.53. The standard InChI is InChI=1S/C21H38O5/c1-20(2,3)26-19(22)21(4,5)25-15-17-10-8-9-16(13-17)14-24-18-11-6-7-12-23-18/h16-18H,6-15H2,1-5H3/t16-,17+,18?/m0/s1. The van der Waals surface area contributed by atoms with Crippen LogP contribution in [0.15, 0.2) is 0 Å². The fourth-order valence-corrected chi connectivity index (χ4v) is 3.58. The molecule has 1 unspecified atom stereocenters. The maximum atomic E-state index is 12.3. The largest absolute Gasteiger partial charge is 0.458 e. The van der Waals surface area contributed by atoms with Crippen molar-refractivity contribution in [1.82, 2.24) is 0 Å². The molecule has 5 nitrogen and oxygen atoms in total. The van der Waals surface area contributed by atoms with Crippen molar-refractivity contribution in [3.8, 4) is 0 Å². The van der Waals surface area contributed by atoms with Crippen molar-refractivity contribution in [3.05, 3.63) is 0 Å². The molecule has 1 aliphatic carbocycles. The molecule has 26 heavy (non-hydrogen) atoms. The molecule has 1 aliphatic heterocycles. The molecule has 1 heterocycles. The van der Waals surface area contributed by atoms with Gasteiger partial charge in [0, 0.05) is 6.61 Å². The summed E-state index contributed by atoms with van der Waals surface area (Å²) in [4.78, 5) is 12.3. The minimum atomic E-state index is -0.910. The maximum Gasteiger partial charge on any atom is 0.338 e. The van der Waals surface area contributed by atoms with Crippen molar-refractivity contribution >= 4 is 5.97 Å². The number of esters is 1. The molecular weight excluding hydrogens is 332 g/mol. The van der Waals surface area contributed by atoms with Gasteiger partial charge in [-0.25, -0.2) is 4.79 Å². The third-order valence-electron chi connectivity index (χ3n) is 5.12. The van der Waals surface area contributed by atoms with E-state index < -0.39 is 11.2 Å². The van der Waals surface area contributed by atoms with E-state index in [1.807, 2.05) is 20.8 Å². The summed E-state index contributed by atoms with van der Waals surface area (Å²) in [5.41, 5.74) is -1.40. The van der Waals surface area contributed by atoms with Crippen molar-refractivity contribution in [2.45, 2.75) is 97.1 Å². The summed E-state index contributed by atoms with van der Waals surface area (Å²) in [5, 5.41) is 0. The number of carbonyl (C=O) groups excluding carboxylic acids is 1. The molecule has 0 radical (unpaired) electrons. The molecule has 0 spiro atoms. The molecule has 1 saturated carbocycles. The topological polar surface area (TPSA) is 54.0 Å². The van der Waals surface area contributed by atoms with E-state index in [9.17, 15) is 4.79 Å². The minimum Gasteiger partial charge on any atom is -0.458 e. The number of carbonyl (C=O) groups is 1. The van der Waals surface area contributed by atoms with Crippen LogP contribution in [-0.4, -0.2) is 43.3 Å². The highest BCUT2D eigenvalue weighted by Gasteiger charge is 2.35. The molecule has 152 valence electrons. The van der Waals surface area contributed by atoms with Crippen LogP contribution in [0.25, 0.3) is 0 Å². The fourth-order valence-electron chi connectivity index (χ4n) is 3.58. The Morgan fingerprint density at radius 3 is 2.27 bits per heavy atom. The van der Waals surface area contributed by atoms with Gasteiger partial charge in [0.1, 0.15) is 5.60 Å². The third-order valence-corrected chi connectivity index (χ3v) is 5.12. The molecule has 2 rings (SSSR count). The zero-order valence-electron chi connectivity index (χ0n) is 17.3. The predicted molar refractivity (Wildman–Crippen MR) is 101 cm³/mol. The Balaban J connectivity index is 1.72. The van der Waals surface area contributed by atoms with E-state index in [-0.39, 0.29) is 12.3 Å². The molecule has 0 bridgehead atoms. The normalized spacial score (nSPS) is 28.0. The van der Waals surface area contributed by atoms with Gasteiger partial charge in [-0.05, 0) is 85.0 Å². The van der Waals surface area contributed by atoms with Crippen molar-refractivity contribution < 1.29 is 23.7 Å². The first-order valence-corrected chi connectivity index (χ1v) is 10.3. The molecule has 5 heteroatoms. The highest BCUT2D eigenvalue weighted by molar-refractivity contribution is 5.78. The lowest BCUT2D eigenvalue weighted by Gasteiger charge is -2.33. The lowest BCUT2D eigenvalue weighted by Crippen LogP contribution is -2.42. The van der Waals surface area contributed by atoms with Crippen molar-refractivity contribution in [2.75, 3.05) is 19.8 Å². The van der Waals surface area contributed by atoms with Crippen LogP contribution in [0, 0.1) is 11.8 Å². The molecule has 1 saturated heterocycles. The number of hydrogen-bond donors (Lipinski definition) is 0. The van der Waals surface area contributed by atoms with Crippen LogP contribution in [0.5, 0.6) is 0 Å². The summed E-state index contributed by atoms with van der Waals surface area (Å²) in [6.45, 7) is 11.4. The quantitative estimate of drug-likeness (QED) is 0.619. The highest BCUT2D eigenvalue weighted by Crippen LogP contribution is 2.31. The number of rotatable bonds is 7. The van der Waals surface area contributed by atoms with Gasteiger partial charge in [0.2, 0.25) is 0 Å². The summed E-state index contributed by atoms with van der Waals surface area (Å²) < 4.78 is 23.1. The summed E-state index contributed by atoms with van der Waals surface area (Å²) in [6, 6.07) is 0. The lowest BCUT2D eigenvalue weighted by molar-refractivity contribution is -0.182. The van der Waals surface area contributed by atoms with Crippen molar-refractivity contribution in [2.24, 2.45) is 11.8 Å². The average Bonchev–Trinajstić information content (AvgIpc) is 2.58. The molecule has 0 aromatic heterocycles. The molecule has 0 aromatic rings.